The van der Waals surface area contributed by atoms with Crippen molar-refractivity contribution in [3.63, 3.8) is 0 Å². The van der Waals surface area contributed by atoms with Crippen LogP contribution in [-0.2, 0) is 22.5 Å². The first-order valence-electron chi connectivity index (χ1n) is 7.40. The third-order valence-electron chi connectivity index (χ3n) is 4.13. The molecule has 3 rings (SSSR count). The first-order chi connectivity index (χ1) is 11.2. The molecule has 7 heteroatoms. The zero-order valence-corrected chi connectivity index (χ0v) is 13.4. The Labute approximate surface area is 134 Å². The molecule has 0 N–H and O–H groups in total. The number of methoxy groups -OCH3 is 3. The van der Waals surface area contributed by atoms with Crippen LogP contribution in [0.4, 0.5) is 0 Å². The Bertz CT molecular complexity index is 726. The van der Waals surface area contributed by atoms with Gasteiger partial charge in [-0.3, -0.25) is 4.79 Å². The number of carbonyl (C=O) groups is 1. The van der Waals surface area contributed by atoms with Crippen LogP contribution in [0, 0.1) is 5.92 Å². The summed E-state index contributed by atoms with van der Waals surface area (Å²) in [5, 5.41) is 8.54. The lowest BCUT2D eigenvalue weighted by atomic mass is 9.99. The highest BCUT2D eigenvalue weighted by molar-refractivity contribution is 5.73. The van der Waals surface area contributed by atoms with Crippen molar-refractivity contribution in [3.05, 3.63) is 24.0 Å². The number of rotatable bonds is 4. The zero-order chi connectivity index (χ0) is 16.4. The Balaban J connectivity index is 2.00. The number of benzene rings is 1. The predicted octanol–water partition coefficient (Wildman–Crippen LogP) is 1.70. The van der Waals surface area contributed by atoms with Gasteiger partial charge < -0.3 is 18.8 Å². The van der Waals surface area contributed by atoms with E-state index in [1.165, 1.54) is 7.11 Å². The van der Waals surface area contributed by atoms with Gasteiger partial charge in [-0.05, 0) is 18.6 Å². The molecule has 0 aliphatic carbocycles. The molecule has 1 aliphatic rings. The summed E-state index contributed by atoms with van der Waals surface area (Å²) in [7, 11) is 4.62. The van der Waals surface area contributed by atoms with Crippen LogP contribution < -0.4 is 9.47 Å². The molecule has 1 aromatic carbocycles. The van der Waals surface area contributed by atoms with Crippen LogP contribution in [0.1, 0.15) is 12.2 Å². The van der Waals surface area contributed by atoms with E-state index in [1.54, 1.807) is 20.3 Å². The first kappa shape index (κ1) is 15.3. The molecule has 1 unspecified atom stereocenters. The lowest BCUT2D eigenvalue weighted by Crippen LogP contribution is -2.28. The van der Waals surface area contributed by atoms with Gasteiger partial charge in [0.1, 0.15) is 17.3 Å². The predicted molar refractivity (Wildman–Crippen MR) is 82.4 cm³/mol. The third kappa shape index (κ3) is 2.74. The van der Waals surface area contributed by atoms with Gasteiger partial charge in [-0.15, -0.1) is 10.2 Å². The number of nitrogens with zero attached hydrogens (tertiary/aromatic N) is 3. The third-order valence-corrected chi connectivity index (χ3v) is 4.13. The molecular formula is C16H19N3O4. The molecular weight excluding hydrogens is 298 g/mol. The average Bonchev–Trinajstić information content (AvgIpc) is 3.03. The molecule has 0 bridgehead atoms. The van der Waals surface area contributed by atoms with Crippen molar-refractivity contribution in [1.82, 2.24) is 14.8 Å². The molecule has 0 saturated heterocycles. The second kappa shape index (κ2) is 6.28. The average molecular weight is 317 g/mol. The SMILES string of the molecule is COC(=O)C1CCc2nnc(-c3ccc(OC)cc3OC)n2C1. The summed E-state index contributed by atoms with van der Waals surface area (Å²) in [6.45, 7) is 0.513. The minimum absolute atomic E-state index is 0.175. The largest absolute Gasteiger partial charge is 0.497 e. The summed E-state index contributed by atoms with van der Waals surface area (Å²) < 4.78 is 17.5. The van der Waals surface area contributed by atoms with Crippen LogP contribution in [0.3, 0.4) is 0 Å². The maximum Gasteiger partial charge on any atom is 0.310 e. The highest BCUT2D eigenvalue weighted by Gasteiger charge is 2.29. The summed E-state index contributed by atoms with van der Waals surface area (Å²) in [6.07, 6.45) is 1.43. The van der Waals surface area contributed by atoms with E-state index in [4.69, 9.17) is 14.2 Å². The van der Waals surface area contributed by atoms with Crippen LogP contribution in [-0.4, -0.2) is 42.1 Å². The molecule has 0 amide bonds. The molecule has 2 heterocycles. The number of ether oxygens (including phenoxy) is 3. The maximum atomic E-state index is 11.8. The number of esters is 1. The monoisotopic (exact) mass is 317 g/mol. The Morgan fingerprint density at radius 2 is 2.04 bits per heavy atom. The van der Waals surface area contributed by atoms with Gasteiger partial charge in [-0.25, -0.2) is 0 Å². The standard InChI is InChI=1S/C16H19N3O4/c1-21-11-5-6-12(13(8-11)22-2)15-18-17-14-7-4-10(9-19(14)15)16(20)23-3/h5-6,8,10H,4,7,9H2,1-3H3. The van der Waals surface area contributed by atoms with Gasteiger partial charge in [0.25, 0.3) is 0 Å². The molecule has 0 spiro atoms. The highest BCUT2D eigenvalue weighted by Crippen LogP contribution is 2.34. The molecule has 0 radical (unpaired) electrons. The molecule has 1 atom stereocenters. The molecule has 0 fully saturated rings. The quantitative estimate of drug-likeness (QED) is 0.799. The number of hydrogen-bond acceptors (Lipinski definition) is 6. The van der Waals surface area contributed by atoms with Gasteiger partial charge in [-0.1, -0.05) is 0 Å². The molecule has 122 valence electrons. The lowest BCUT2D eigenvalue weighted by Gasteiger charge is -2.22. The van der Waals surface area contributed by atoms with Gasteiger partial charge in [-0.2, -0.15) is 0 Å². The molecule has 7 nitrogen and oxygen atoms in total. The number of aryl methyl sites for hydroxylation is 1. The van der Waals surface area contributed by atoms with Crippen LogP contribution in [0.25, 0.3) is 11.4 Å². The van der Waals surface area contributed by atoms with E-state index in [0.717, 1.165) is 17.8 Å². The molecule has 1 aromatic heterocycles. The zero-order valence-electron chi connectivity index (χ0n) is 13.4. The molecule has 2 aromatic rings. The first-order valence-corrected chi connectivity index (χ1v) is 7.40. The number of hydrogen-bond donors (Lipinski definition) is 0. The van der Waals surface area contributed by atoms with E-state index < -0.39 is 0 Å². The molecule has 0 saturated carbocycles. The van der Waals surface area contributed by atoms with Crippen molar-refractivity contribution in [2.24, 2.45) is 5.92 Å². The van der Waals surface area contributed by atoms with Gasteiger partial charge in [0.05, 0.1) is 32.8 Å². The van der Waals surface area contributed by atoms with Crippen LogP contribution in [0.5, 0.6) is 11.5 Å². The Morgan fingerprint density at radius 1 is 1.22 bits per heavy atom. The van der Waals surface area contributed by atoms with E-state index in [2.05, 4.69) is 10.2 Å². The summed E-state index contributed by atoms with van der Waals surface area (Å²) in [5.41, 5.74) is 0.817. The number of aromatic nitrogens is 3. The van der Waals surface area contributed by atoms with Gasteiger partial charge in [0, 0.05) is 19.0 Å². The smallest absolute Gasteiger partial charge is 0.310 e. The van der Waals surface area contributed by atoms with Crippen LogP contribution in [0.2, 0.25) is 0 Å². The lowest BCUT2D eigenvalue weighted by molar-refractivity contribution is -0.146. The Morgan fingerprint density at radius 3 is 2.74 bits per heavy atom. The van der Waals surface area contributed by atoms with Gasteiger partial charge in [0.15, 0.2) is 5.82 Å². The second-order valence-corrected chi connectivity index (χ2v) is 5.38. The van der Waals surface area contributed by atoms with E-state index in [0.29, 0.717) is 30.3 Å². The minimum Gasteiger partial charge on any atom is -0.497 e. The highest BCUT2D eigenvalue weighted by atomic mass is 16.5. The number of fused-ring (bicyclic) bond motifs is 1. The summed E-state index contributed by atoms with van der Waals surface area (Å²) >= 11 is 0. The summed E-state index contributed by atoms with van der Waals surface area (Å²) in [4.78, 5) is 11.8. The maximum absolute atomic E-state index is 11.8. The summed E-state index contributed by atoms with van der Waals surface area (Å²) in [5.74, 6) is 2.55. The van der Waals surface area contributed by atoms with Crippen molar-refractivity contribution >= 4 is 5.97 Å². The molecule has 1 aliphatic heterocycles. The van der Waals surface area contributed by atoms with E-state index in [9.17, 15) is 4.79 Å². The van der Waals surface area contributed by atoms with Crippen molar-refractivity contribution < 1.29 is 19.0 Å². The van der Waals surface area contributed by atoms with Crippen LogP contribution in [0.15, 0.2) is 18.2 Å². The second-order valence-electron chi connectivity index (χ2n) is 5.38. The Hall–Kier alpha value is -2.57. The topological polar surface area (TPSA) is 75.5 Å². The van der Waals surface area contributed by atoms with Gasteiger partial charge in [0.2, 0.25) is 0 Å². The van der Waals surface area contributed by atoms with Crippen molar-refractivity contribution in [2.75, 3.05) is 21.3 Å². The molecule has 23 heavy (non-hydrogen) atoms. The van der Waals surface area contributed by atoms with E-state index in [1.807, 2.05) is 16.7 Å². The van der Waals surface area contributed by atoms with Crippen LogP contribution >= 0.6 is 0 Å². The Kier molecular flexibility index (Phi) is 4.18. The fourth-order valence-corrected chi connectivity index (χ4v) is 2.87. The minimum atomic E-state index is -0.197. The van der Waals surface area contributed by atoms with Crippen molar-refractivity contribution in [2.45, 2.75) is 19.4 Å². The van der Waals surface area contributed by atoms with E-state index in [-0.39, 0.29) is 11.9 Å². The fourth-order valence-electron chi connectivity index (χ4n) is 2.87. The van der Waals surface area contributed by atoms with Crippen molar-refractivity contribution in [3.8, 4) is 22.9 Å². The number of carbonyl (C=O) groups excluding carboxylic acids is 1. The van der Waals surface area contributed by atoms with E-state index >= 15 is 0 Å². The van der Waals surface area contributed by atoms with Crippen molar-refractivity contribution in [1.29, 1.82) is 0 Å². The fraction of sp³-hybridized carbons (Fsp3) is 0.438. The summed E-state index contributed by atoms with van der Waals surface area (Å²) in [6, 6.07) is 5.54. The normalized spacial score (nSPS) is 16.6. The van der Waals surface area contributed by atoms with Gasteiger partial charge >= 0.3 is 5.97 Å².